The Kier molecular flexibility index (Phi) is 5.45. The molecule has 19 heavy (non-hydrogen) atoms. The highest BCUT2D eigenvalue weighted by Gasteiger charge is 2.64. The van der Waals surface area contributed by atoms with E-state index < -0.39 is 39.2 Å². The Morgan fingerprint density at radius 3 is 2.21 bits per heavy atom. The van der Waals surface area contributed by atoms with Crippen LogP contribution in [0.15, 0.2) is 30.3 Å². The van der Waals surface area contributed by atoms with Crippen molar-refractivity contribution < 1.29 is 30.9 Å². The highest BCUT2D eigenvalue weighted by atomic mass is 28.4. The van der Waals surface area contributed by atoms with Gasteiger partial charge in [0.2, 0.25) is 0 Å². The fraction of sp³-hybridized carbons (Fsp3) is 0.455. The van der Waals surface area contributed by atoms with Gasteiger partial charge >= 0.3 is 14.4 Å². The Morgan fingerprint density at radius 2 is 1.74 bits per heavy atom. The topological polar surface area (TPSA) is 18.5 Å². The first-order chi connectivity index (χ1) is 8.83. The predicted molar refractivity (Wildman–Crippen MR) is 61.5 cm³/mol. The van der Waals surface area contributed by atoms with Gasteiger partial charge in [-0.25, -0.2) is 8.78 Å². The fourth-order valence-corrected chi connectivity index (χ4v) is 2.94. The lowest BCUT2D eigenvalue weighted by Crippen LogP contribution is -2.61. The van der Waals surface area contributed by atoms with Crippen LogP contribution in [0.25, 0.3) is 0 Å². The van der Waals surface area contributed by atoms with Gasteiger partial charge in [0.15, 0.2) is 0 Å². The smallest absolute Gasteiger partial charge is 0.323 e. The Morgan fingerprint density at radius 1 is 1.16 bits per heavy atom. The van der Waals surface area contributed by atoms with Crippen molar-refractivity contribution in [1.29, 1.82) is 0 Å². The number of benzene rings is 1. The van der Waals surface area contributed by atoms with E-state index in [0.717, 1.165) is 12.1 Å². The van der Waals surface area contributed by atoms with Gasteiger partial charge in [0, 0.05) is 11.8 Å². The molecule has 0 aliphatic carbocycles. The number of ether oxygens (including phenoxy) is 2. The second-order valence-corrected chi connectivity index (χ2v) is 5.94. The predicted octanol–water partition coefficient (Wildman–Crippen LogP) is 2.76. The number of hydrogen-bond acceptors (Lipinski definition) is 2. The summed E-state index contributed by atoms with van der Waals surface area (Å²) in [6.45, 7) is -0.601. The van der Waals surface area contributed by atoms with Crippen LogP contribution >= 0.6 is 0 Å². The second-order valence-electron chi connectivity index (χ2n) is 3.61. The minimum atomic E-state index is -5.87. The highest BCUT2D eigenvalue weighted by Crippen LogP contribution is 2.31. The molecule has 0 N–H and O–H groups in total. The third-order valence-electron chi connectivity index (χ3n) is 2.24. The molecule has 1 aromatic carbocycles. The minimum absolute atomic E-state index is 0.421. The Hall–Kier alpha value is -0.993. The molecule has 0 heterocycles. The summed E-state index contributed by atoms with van der Waals surface area (Å²) in [6, 6.07) is 6.12. The van der Waals surface area contributed by atoms with Crippen molar-refractivity contribution in [1.82, 2.24) is 0 Å². The average Bonchev–Trinajstić information content (AvgIpc) is 2.37. The molecule has 0 aliphatic rings. The summed E-state index contributed by atoms with van der Waals surface area (Å²) in [5.41, 5.74) is -3.79. The van der Waals surface area contributed by atoms with Gasteiger partial charge in [0.25, 0.3) is 6.43 Å². The van der Waals surface area contributed by atoms with Crippen LogP contribution in [0.5, 0.6) is 0 Å². The molecular weight excluding hydrogens is 287 g/mol. The summed E-state index contributed by atoms with van der Waals surface area (Å²) in [7, 11) is -5.87. The highest BCUT2D eigenvalue weighted by molar-refractivity contribution is 6.81. The summed E-state index contributed by atoms with van der Waals surface area (Å²) >= 11 is 0. The van der Waals surface area contributed by atoms with E-state index in [1.54, 1.807) is 0 Å². The van der Waals surface area contributed by atoms with Crippen LogP contribution in [-0.2, 0) is 9.47 Å². The van der Waals surface area contributed by atoms with Crippen LogP contribution in [0.4, 0.5) is 21.4 Å². The van der Waals surface area contributed by atoms with E-state index >= 15 is 0 Å². The van der Waals surface area contributed by atoms with Gasteiger partial charge in [0.1, 0.15) is 6.61 Å². The zero-order valence-corrected chi connectivity index (χ0v) is 11.1. The zero-order valence-electron chi connectivity index (χ0n) is 10.1. The van der Waals surface area contributed by atoms with Crippen molar-refractivity contribution in [2.24, 2.45) is 0 Å². The first-order valence-corrected chi connectivity index (χ1v) is 7.27. The molecule has 0 aromatic heterocycles. The van der Waals surface area contributed by atoms with Gasteiger partial charge < -0.3 is 9.47 Å². The molecule has 0 amide bonds. The first-order valence-electron chi connectivity index (χ1n) is 5.52. The van der Waals surface area contributed by atoms with Crippen LogP contribution in [0.3, 0.4) is 0 Å². The van der Waals surface area contributed by atoms with Crippen LogP contribution in [0.1, 0.15) is 6.92 Å². The maximum absolute atomic E-state index is 14.2. The van der Waals surface area contributed by atoms with Crippen molar-refractivity contribution in [2.75, 3.05) is 13.2 Å². The normalized spacial score (nSPS) is 15.5. The molecule has 0 fully saturated rings. The molecule has 0 aliphatic heterocycles. The standard InChI is InChI=1S/C11H13F5O2Si/c1-2-17-11(14,18-8-10(12)13)19(15,16)9-6-4-3-5-7-9/h3-7,10H,2,8H2,1H3. The Labute approximate surface area is 108 Å². The van der Waals surface area contributed by atoms with Gasteiger partial charge in [-0.3, -0.25) is 8.22 Å². The van der Waals surface area contributed by atoms with Gasteiger partial charge in [-0.05, 0) is 6.92 Å². The van der Waals surface area contributed by atoms with Crippen LogP contribution in [0.2, 0.25) is 0 Å². The van der Waals surface area contributed by atoms with E-state index in [1.165, 1.54) is 25.1 Å². The maximum Gasteiger partial charge on any atom is 0.551 e. The lowest BCUT2D eigenvalue weighted by Gasteiger charge is -2.30. The van der Waals surface area contributed by atoms with Crippen LogP contribution in [0, 0.1) is 0 Å². The van der Waals surface area contributed by atoms with Crippen LogP contribution < -0.4 is 5.19 Å². The summed E-state index contributed by atoms with van der Waals surface area (Å²) < 4.78 is 74.7. The summed E-state index contributed by atoms with van der Waals surface area (Å²) in [6.07, 6.45) is -3.06. The lowest BCUT2D eigenvalue weighted by molar-refractivity contribution is -0.280. The zero-order chi connectivity index (χ0) is 14.5. The van der Waals surface area contributed by atoms with Crippen LogP contribution in [-0.4, -0.2) is 34.0 Å². The van der Waals surface area contributed by atoms with Crippen molar-refractivity contribution >= 4 is 13.9 Å². The fourth-order valence-electron chi connectivity index (χ4n) is 1.40. The number of hydrogen-bond donors (Lipinski definition) is 0. The van der Waals surface area contributed by atoms with Gasteiger partial charge in [-0.2, -0.15) is 4.39 Å². The third kappa shape index (κ3) is 3.74. The molecule has 0 saturated carbocycles. The van der Waals surface area contributed by atoms with Crippen molar-refractivity contribution in [3.63, 3.8) is 0 Å². The molecule has 1 atom stereocenters. The summed E-state index contributed by atoms with van der Waals surface area (Å²) in [5.74, 6) is 0. The molecule has 0 bridgehead atoms. The van der Waals surface area contributed by atoms with Crippen molar-refractivity contribution in [3.05, 3.63) is 30.3 Å². The molecule has 1 aromatic rings. The van der Waals surface area contributed by atoms with Crippen molar-refractivity contribution in [2.45, 2.75) is 19.0 Å². The Balaban J connectivity index is 3.02. The lowest BCUT2D eigenvalue weighted by atomic mass is 10.4. The molecule has 108 valence electrons. The molecule has 0 spiro atoms. The monoisotopic (exact) mass is 300 g/mol. The van der Waals surface area contributed by atoms with Gasteiger partial charge in [-0.15, -0.1) is 0 Å². The van der Waals surface area contributed by atoms with E-state index in [0.29, 0.717) is 0 Å². The third-order valence-corrected chi connectivity index (χ3v) is 4.33. The van der Waals surface area contributed by atoms with E-state index in [-0.39, 0.29) is 0 Å². The van der Waals surface area contributed by atoms with E-state index in [2.05, 4.69) is 9.47 Å². The van der Waals surface area contributed by atoms with Gasteiger partial charge in [0.05, 0.1) is 0 Å². The molecule has 0 saturated heterocycles. The second kappa shape index (κ2) is 6.44. The van der Waals surface area contributed by atoms with E-state index in [4.69, 9.17) is 0 Å². The molecule has 8 heteroatoms. The first kappa shape index (κ1) is 16.1. The summed E-state index contributed by atoms with van der Waals surface area (Å²) in [4.78, 5) is 0. The number of halogens is 5. The van der Waals surface area contributed by atoms with E-state index in [1.807, 2.05) is 0 Å². The summed E-state index contributed by atoms with van der Waals surface area (Å²) in [5, 5.41) is -0.583. The quantitative estimate of drug-likeness (QED) is 0.334. The molecule has 1 unspecified atom stereocenters. The minimum Gasteiger partial charge on any atom is -0.323 e. The maximum atomic E-state index is 14.2. The molecule has 2 nitrogen and oxygen atoms in total. The van der Waals surface area contributed by atoms with E-state index in [9.17, 15) is 21.4 Å². The molecule has 0 radical (unpaired) electrons. The largest absolute Gasteiger partial charge is 0.551 e. The SMILES string of the molecule is CCOC(F)(OCC(F)F)[Si](F)(F)c1ccccc1. The molecule has 1 rings (SSSR count). The molecular formula is C11H13F5O2Si. The van der Waals surface area contributed by atoms with Gasteiger partial charge in [-0.1, -0.05) is 30.3 Å². The average molecular weight is 300 g/mol. The number of alkyl halides is 3. The Bertz CT molecular complexity index is 390. The van der Waals surface area contributed by atoms with Crippen molar-refractivity contribution in [3.8, 4) is 0 Å². The number of rotatable bonds is 7.